The Labute approximate surface area is 317 Å². The Morgan fingerprint density at radius 1 is 0.472 bits per heavy atom. The number of anilines is 6. The lowest BCUT2D eigenvalue weighted by molar-refractivity contribution is 0.758. The molecule has 0 saturated carbocycles. The number of rotatable bonds is 7. The average molecular weight is 717 g/mol. The molecule has 4 heteroatoms. The van der Waals surface area contributed by atoms with E-state index in [4.69, 9.17) is 0 Å². The molecule has 254 valence electrons. The molecule has 0 saturated heterocycles. The Balaban J connectivity index is 1.14. The number of fused-ring (bicyclic) bond motifs is 6. The van der Waals surface area contributed by atoms with Crippen molar-refractivity contribution in [1.82, 2.24) is 0 Å². The van der Waals surface area contributed by atoms with Crippen LogP contribution in [0.4, 0.5) is 34.1 Å². The average Bonchev–Trinajstić information content (AvgIpc) is 3.78. The second-order valence-corrected chi connectivity index (χ2v) is 15.9. The lowest BCUT2D eigenvalue weighted by Crippen LogP contribution is -2.10. The summed E-state index contributed by atoms with van der Waals surface area (Å²) in [6.45, 7) is 2.32. The molecular weight excluding hydrogens is 681 g/mol. The molecule has 0 bridgehead atoms. The van der Waals surface area contributed by atoms with Crippen molar-refractivity contribution in [3.8, 4) is 0 Å². The molecule has 0 spiro atoms. The molecule has 0 radical (unpaired) electrons. The second-order valence-electron chi connectivity index (χ2n) is 13.8. The number of hydrogen-bond acceptors (Lipinski definition) is 4. The van der Waals surface area contributed by atoms with Gasteiger partial charge in [0.1, 0.15) is 0 Å². The highest BCUT2D eigenvalue weighted by Crippen LogP contribution is 2.47. The van der Waals surface area contributed by atoms with Crippen LogP contribution in [0.25, 0.3) is 45.9 Å². The zero-order valence-electron chi connectivity index (χ0n) is 29.3. The van der Waals surface area contributed by atoms with Crippen molar-refractivity contribution in [1.29, 1.82) is 0 Å². The Morgan fingerprint density at radius 2 is 1.04 bits per heavy atom. The lowest BCUT2D eigenvalue weighted by atomic mass is 9.88. The van der Waals surface area contributed by atoms with E-state index < -0.39 is 0 Å². The van der Waals surface area contributed by atoms with Gasteiger partial charge in [0.15, 0.2) is 0 Å². The molecule has 0 N–H and O–H groups in total. The zero-order chi connectivity index (χ0) is 35.3. The van der Waals surface area contributed by atoms with Crippen LogP contribution in [0.15, 0.2) is 182 Å². The number of thiophene rings is 2. The van der Waals surface area contributed by atoms with Crippen LogP contribution < -0.4 is 9.80 Å². The third-order valence-electron chi connectivity index (χ3n) is 10.5. The van der Waals surface area contributed by atoms with Gasteiger partial charge in [-0.05, 0) is 108 Å². The summed E-state index contributed by atoms with van der Waals surface area (Å²) in [6, 6.07) is 60.0. The summed E-state index contributed by atoms with van der Waals surface area (Å²) in [7, 11) is 0. The number of benzene rings is 7. The van der Waals surface area contributed by atoms with Gasteiger partial charge in [-0.3, -0.25) is 0 Å². The van der Waals surface area contributed by atoms with Crippen LogP contribution in [0, 0.1) is 5.92 Å². The highest BCUT2D eigenvalue weighted by Gasteiger charge is 2.21. The fourth-order valence-electron chi connectivity index (χ4n) is 7.90. The molecule has 1 aliphatic rings. The predicted octanol–water partition coefficient (Wildman–Crippen LogP) is 15.3. The zero-order valence-corrected chi connectivity index (χ0v) is 30.9. The van der Waals surface area contributed by atoms with Gasteiger partial charge in [0.2, 0.25) is 0 Å². The van der Waals surface area contributed by atoms with E-state index in [1.165, 1.54) is 57.2 Å². The van der Waals surface area contributed by atoms with Crippen LogP contribution in [0.5, 0.6) is 0 Å². The number of allylic oxidation sites excluding steroid dienone is 4. The second kappa shape index (κ2) is 13.2. The molecule has 1 atom stereocenters. The predicted molar refractivity (Wildman–Crippen MR) is 232 cm³/mol. The van der Waals surface area contributed by atoms with E-state index in [9.17, 15) is 0 Å². The minimum Gasteiger partial charge on any atom is -0.310 e. The van der Waals surface area contributed by atoms with Gasteiger partial charge in [0.05, 0.1) is 10.4 Å². The Kier molecular flexibility index (Phi) is 7.93. The van der Waals surface area contributed by atoms with Gasteiger partial charge in [0, 0.05) is 64.1 Å². The van der Waals surface area contributed by atoms with Crippen molar-refractivity contribution in [3.05, 3.63) is 188 Å². The Hall–Kier alpha value is -5.94. The highest BCUT2D eigenvalue weighted by molar-refractivity contribution is 7.26. The fraction of sp³-hybridized carbons (Fsp3) is 0.0612. The summed E-state index contributed by atoms with van der Waals surface area (Å²) < 4.78 is 5.18. The molecule has 2 heterocycles. The summed E-state index contributed by atoms with van der Waals surface area (Å²) in [5, 5.41) is 5.14. The number of nitrogens with zero attached hydrogens (tertiary/aromatic N) is 2. The number of para-hydroxylation sites is 2. The van der Waals surface area contributed by atoms with E-state index >= 15 is 0 Å². The molecule has 10 rings (SSSR count). The number of hydrogen-bond donors (Lipinski definition) is 0. The van der Waals surface area contributed by atoms with Crippen molar-refractivity contribution in [2.24, 2.45) is 5.92 Å². The lowest BCUT2D eigenvalue weighted by Gasteiger charge is -2.26. The van der Waals surface area contributed by atoms with E-state index in [0.717, 1.165) is 34.9 Å². The minimum absolute atomic E-state index is 0.509. The molecule has 0 aliphatic heterocycles. The summed E-state index contributed by atoms with van der Waals surface area (Å²) in [6.07, 6.45) is 7.82. The van der Waals surface area contributed by atoms with E-state index in [-0.39, 0.29) is 0 Å². The van der Waals surface area contributed by atoms with Crippen molar-refractivity contribution >= 4 is 103 Å². The van der Waals surface area contributed by atoms with Gasteiger partial charge in [-0.2, -0.15) is 0 Å². The van der Waals surface area contributed by atoms with Gasteiger partial charge in [-0.25, -0.2) is 0 Å². The van der Waals surface area contributed by atoms with Crippen LogP contribution in [0.3, 0.4) is 0 Å². The van der Waals surface area contributed by atoms with Crippen LogP contribution in [0.2, 0.25) is 0 Å². The van der Waals surface area contributed by atoms with Crippen molar-refractivity contribution in [2.45, 2.75) is 13.3 Å². The third-order valence-corrected chi connectivity index (χ3v) is 12.9. The first kappa shape index (κ1) is 31.8. The highest BCUT2D eigenvalue weighted by atomic mass is 32.1. The molecule has 9 aromatic rings. The first-order chi connectivity index (χ1) is 26.2. The summed E-state index contributed by atoms with van der Waals surface area (Å²) in [4.78, 5) is 4.81. The molecule has 53 heavy (non-hydrogen) atoms. The summed E-state index contributed by atoms with van der Waals surface area (Å²) in [5.74, 6) is 0.509. The SMILES string of the molecule is CC1CC=CC=C1c1ccc(N(c2ccc3sc4ccccc4c3c2)c2ccc3sc4c(N(c5ccccc5)c5ccccc5)cccc4c3c2)cc1. The largest absolute Gasteiger partial charge is 0.310 e. The van der Waals surface area contributed by atoms with Gasteiger partial charge in [-0.15, -0.1) is 22.7 Å². The standard InChI is InChI=1S/C49H36N2S2/c1-33-13-8-9-18-40(33)34-23-25-37(26-24-34)50(38-27-29-47-43(31-38)41-19-10-11-22-46(41)52-47)39-28-30-48-44(32-39)42-20-12-21-45(49(42)53-48)51(35-14-4-2-5-15-35)36-16-6-3-7-17-36/h2-12,14-33H,13H2,1H3. The van der Waals surface area contributed by atoms with Gasteiger partial charge >= 0.3 is 0 Å². The van der Waals surface area contributed by atoms with Crippen LogP contribution >= 0.6 is 22.7 Å². The fourth-order valence-corrected chi connectivity index (χ4v) is 10.2. The molecule has 1 unspecified atom stereocenters. The summed E-state index contributed by atoms with van der Waals surface area (Å²) >= 11 is 3.73. The molecule has 7 aromatic carbocycles. The third kappa shape index (κ3) is 5.63. The maximum absolute atomic E-state index is 2.43. The molecule has 2 aromatic heterocycles. The maximum Gasteiger partial charge on any atom is 0.0640 e. The topological polar surface area (TPSA) is 6.48 Å². The van der Waals surface area contributed by atoms with Crippen LogP contribution in [-0.4, -0.2) is 0 Å². The van der Waals surface area contributed by atoms with E-state index in [0.29, 0.717) is 5.92 Å². The first-order valence-corrected chi connectivity index (χ1v) is 19.9. The molecule has 0 fully saturated rings. The normalized spacial score (nSPS) is 14.3. The van der Waals surface area contributed by atoms with E-state index in [1.807, 2.05) is 22.7 Å². The van der Waals surface area contributed by atoms with E-state index in [1.54, 1.807) is 0 Å². The Bertz CT molecular complexity index is 2790. The van der Waals surface area contributed by atoms with E-state index in [2.05, 4.69) is 199 Å². The molecule has 2 nitrogen and oxygen atoms in total. The molecule has 1 aliphatic carbocycles. The maximum atomic E-state index is 2.43. The monoisotopic (exact) mass is 716 g/mol. The smallest absolute Gasteiger partial charge is 0.0640 e. The van der Waals surface area contributed by atoms with Gasteiger partial charge in [0.25, 0.3) is 0 Å². The van der Waals surface area contributed by atoms with Crippen molar-refractivity contribution in [2.75, 3.05) is 9.80 Å². The van der Waals surface area contributed by atoms with Gasteiger partial charge < -0.3 is 9.80 Å². The minimum atomic E-state index is 0.509. The van der Waals surface area contributed by atoms with Gasteiger partial charge in [-0.1, -0.05) is 104 Å². The van der Waals surface area contributed by atoms with Crippen LogP contribution in [0.1, 0.15) is 18.9 Å². The molecular formula is C49H36N2S2. The van der Waals surface area contributed by atoms with Crippen LogP contribution in [-0.2, 0) is 0 Å². The van der Waals surface area contributed by atoms with Crippen molar-refractivity contribution in [3.63, 3.8) is 0 Å². The quantitative estimate of drug-likeness (QED) is 0.162. The first-order valence-electron chi connectivity index (χ1n) is 18.2. The Morgan fingerprint density at radius 3 is 1.74 bits per heavy atom. The molecule has 0 amide bonds. The summed E-state index contributed by atoms with van der Waals surface area (Å²) in [5.41, 5.74) is 9.61. The van der Waals surface area contributed by atoms with Crippen molar-refractivity contribution < 1.29 is 0 Å².